The number of carbonyl (C=O) groups excluding carboxylic acids is 3. The number of halogens is 1. The maximum Gasteiger partial charge on any atom is 0.322 e. The maximum absolute atomic E-state index is 13.0. The van der Waals surface area contributed by atoms with E-state index in [0.717, 1.165) is 12.8 Å². The number of hydrogen-bond acceptors (Lipinski definition) is 6. The monoisotopic (exact) mass is 472 g/mol. The third-order valence-electron chi connectivity index (χ3n) is 5.73. The standard InChI is InChI=1S/C22H25ClN6O4/c1-33-17-10-18(29(13-17)22(32)27-15-7-5-14(23)6-8-15)20(31)26-16-11-24-21(25-12-16)28-9-3-2-4-19(28)30/h5-8,11-12,17-18H,2-4,9-10,13H2,1H3,(H,26,31)(H,27,32). The van der Waals surface area contributed by atoms with E-state index in [4.69, 9.17) is 16.3 Å². The second kappa shape index (κ2) is 10.1. The van der Waals surface area contributed by atoms with Crippen molar-refractivity contribution in [2.45, 2.75) is 37.8 Å². The normalized spacial score (nSPS) is 20.6. The summed E-state index contributed by atoms with van der Waals surface area (Å²) in [4.78, 5) is 49.4. The molecule has 3 heterocycles. The van der Waals surface area contributed by atoms with Gasteiger partial charge in [-0.15, -0.1) is 0 Å². The average molecular weight is 473 g/mol. The van der Waals surface area contributed by atoms with Gasteiger partial charge in [-0.3, -0.25) is 14.5 Å². The third kappa shape index (κ3) is 5.40. The zero-order valence-corrected chi connectivity index (χ0v) is 18.9. The zero-order chi connectivity index (χ0) is 23.4. The molecule has 2 atom stereocenters. The lowest BCUT2D eigenvalue weighted by molar-refractivity contribution is -0.120. The van der Waals surface area contributed by atoms with Crippen LogP contribution in [0.2, 0.25) is 5.02 Å². The number of nitrogens with one attached hydrogen (secondary N) is 2. The van der Waals surface area contributed by atoms with Crippen molar-refractivity contribution in [2.24, 2.45) is 0 Å². The molecule has 2 unspecified atom stereocenters. The summed E-state index contributed by atoms with van der Waals surface area (Å²) in [6.45, 7) is 0.864. The van der Waals surface area contributed by atoms with E-state index < -0.39 is 12.1 Å². The smallest absolute Gasteiger partial charge is 0.322 e. The first-order chi connectivity index (χ1) is 15.9. The van der Waals surface area contributed by atoms with Gasteiger partial charge in [0.15, 0.2) is 0 Å². The number of hydrogen-bond donors (Lipinski definition) is 2. The number of rotatable bonds is 5. The molecule has 174 valence electrons. The van der Waals surface area contributed by atoms with Gasteiger partial charge in [-0.25, -0.2) is 14.8 Å². The van der Waals surface area contributed by atoms with Crippen LogP contribution in [-0.2, 0) is 14.3 Å². The minimum absolute atomic E-state index is 0.00283. The number of anilines is 3. The molecule has 1 aromatic carbocycles. The van der Waals surface area contributed by atoms with Crippen LogP contribution in [-0.4, -0.2) is 65.1 Å². The van der Waals surface area contributed by atoms with Gasteiger partial charge in [-0.05, 0) is 37.1 Å². The van der Waals surface area contributed by atoms with E-state index in [0.29, 0.717) is 41.7 Å². The van der Waals surface area contributed by atoms with Crippen LogP contribution in [0.4, 0.5) is 22.1 Å². The summed E-state index contributed by atoms with van der Waals surface area (Å²) in [6, 6.07) is 5.57. The lowest BCUT2D eigenvalue weighted by Gasteiger charge is -2.25. The van der Waals surface area contributed by atoms with Crippen LogP contribution in [0.3, 0.4) is 0 Å². The molecule has 4 amide bonds. The Morgan fingerprint density at radius 3 is 2.48 bits per heavy atom. The molecule has 4 rings (SSSR count). The number of carbonyl (C=O) groups is 3. The van der Waals surface area contributed by atoms with Crippen molar-refractivity contribution in [3.05, 3.63) is 41.7 Å². The average Bonchev–Trinajstić information content (AvgIpc) is 3.27. The molecule has 0 radical (unpaired) electrons. The first-order valence-corrected chi connectivity index (χ1v) is 11.1. The van der Waals surface area contributed by atoms with Crippen molar-refractivity contribution in [1.29, 1.82) is 0 Å². The first kappa shape index (κ1) is 22.9. The van der Waals surface area contributed by atoms with Gasteiger partial charge in [0.1, 0.15) is 6.04 Å². The molecule has 0 saturated carbocycles. The highest BCUT2D eigenvalue weighted by atomic mass is 35.5. The van der Waals surface area contributed by atoms with Gasteiger partial charge in [0.25, 0.3) is 0 Å². The van der Waals surface area contributed by atoms with Crippen molar-refractivity contribution in [3.63, 3.8) is 0 Å². The number of benzene rings is 1. The van der Waals surface area contributed by atoms with Crippen molar-refractivity contribution >= 4 is 46.8 Å². The van der Waals surface area contributed by atoms with E-state index in [1.54, 1.807) is 36.3 Å². The first-order valence-electron chi connectivity index (χ1n) is 10.7. The Morgan fingerprint density at radius 2 is 1.82 bits per heavy atom. The molecule has 1 aromatic heterocycles. The highest BCUT2D eigenvalue weighted by Gasteiger charge is 2.40. The van der Waals surface area contributed by atoms with Crippen molar-refractivity contribution < 1.29 is 19.1 Å². The summed E-state index contributed by atoms with van der Waals surface area (Å²) in [5.74, 6) is -0.0508. The number of likely N-dealkylation sites (tertiary alicyclic amines) is 1. The molecule has 0 aliphatic carbocycles. The largest absolute Gasteiger partial charge is 0.380 e. The number of aromatic nitrogens is 2. The van der Waals surface area contributed by atoms with E-state index in [1.807, 2.05) is 0 Å². The SMILES string of the molecule is COC1CC(C(=O)Nc2cnc(N3CCCCC3=O)nc2)N(C(=O)Nc2ccc(Cl)cc2)C1. The summed E-state index contributed by atoms with van der Waals surface area (Å²) in [7, 11) is 1.55. The van der Waals surface area contributed by atoms with Crippen LogP contribution < -0.4 is 15.5 Å². The van der Waals surface area contributed by atoms with E-state index in [-0.39, 0.29) is 24.5 Å². The Labute approximate surface area is 196 Å². The van der Waals surface area contributed by atoms with Crippen LogP contribution in [0.25, 0.3) is 0 Å². The number of methoxy groups -OCH3 is 1. The molecule has 2 aliphatic rings. The second-order valence-electron chi connectivity index (χ2n) is 7.96. The molecule has 33 heavy (non-hydrogen) atoms. The Kier molecular flexibility index (Phi) is 7.05. The molecule has 10 nitrogen and oxygen atoms in total. The third-order valence-corrected chi connectivity index (χ3v) is 5.98. The summed E-state index contributed by atoms with van der Waals surface area (Å²) in [5.41, 5.74) is 0.952. The number of nitrogens with zero attached hydrogens (tertiary/aromatic N) is 4. The molecule has 2 N–H and O–H groups in total. The van der Waals surface area contributed by atoms with E-state index in [1.165, 1.54) is 17.3 Å². The molecule has 2 aromatic rings. The van der Waals surface area contributed by atoms with Gasteiger partial charge in [0, 0.05) is 43.8 Å². The molecule has 2 aliphatic heterocycles. The number of amides is 4. The summed E-state index contributed by atoms with van der Waals surface area (Å²) >= 11 is 5.89. The Balaban J connectivity index is 1.42. The van der Waals surface area contributed by atoms with E-state index in [9.17, 15) is 14.4 Å². The van der Waals surface area contributed by atoms with Crippen molar-refractivity contribution in [1.82, 2.24) is 14.9 Å². The van der Waals surface area contributed by atoms with Gasteiger partial charge < -0.3 is 20.3 Å². The van der Waals surface area contributed by atoms with Gasteiger partial charge in [0.05, 0.1) is 24.2 Å². The van der Waals surface area contributed by atoms with E-state index >= 15 is 0 Å². The number of ether oxygens (including phenoxy) is 1. The molecule has 11 heteroatoms. The van der Waals surface area contributed by atoms with Gasteiger partial charge >= 0.3 is 6.03 Å². The van der Waals surface area contributed by atoms with Crippen molar-refractivity contribution in [2.75, 3.05) is 35.7 Å². The van der Waals surface area contributed by atoms with Crippen molar-refractivity contribution in [3.8, 4) is 0 Å². The van der Waals surface area contributed by atoms with Gasteiger partial charge in [-0.2, -0.15) is 0 Å². The topological polar surface area (TPSA) is 117 Å². The summed E-state index contributed by atoms with van der Waals surface area (Å²) in [6.07, 6.45) is 5.28. The lowest BCUT2D eigenvalue weighted by atomic mass is 10.1. The fourth-order valence-electron chi connectivity index (χ4n) is 3.94. The fraction of sp³-hybridized carbons (Fsp3) is 0.409. The van der Waals surface area contributed by atoms with Crippen LogP contribution in [0.1, 0.15) is 25.7 Å². The number of urea groups is 1. The summed E-state index contributed by atoms with van der Waals surface area (Å²) < 4.78 is 5.40. The summed E-state index contributed by atoms with van der Waals surface area (Å²) in [5, 5.41) is 6.11. The predicted octanol–water partition coefficient (Wildman–Crippen LogP) is 2.91. The van der Waals surface area contributed by atoms with E-state index in [2.05, 4.69) is 20.6 Å². The van der Waals surface area contributed by atoms with Crippen LogP contribution in [0.5, 0.6) is 0 Å². The highest BCUT2D eigenvalue weighted by Crippen LogP contribution is 2.24. The molecular formula is C22H25ClN6O4. The van der Waals surface area contributed by atoms with Gasteiger partial charge in [-0.1, -0.05) is 11.6 Å². The lowest BCUT2D eigenvalue weighted by Crippen LogP contribution is -2.45. The maximum atomic E-state index is 13.0. The van der Waals surface area contributed by atoms with Crippen LogP contribution >= 0.6 is 11.6 Å². The minimum atomic E-state index is -0.731. The highest BCUT2D eigenvalue weighted by molar-refractivity contribution is 6.30. The Bertz CT molecular complexity index is 1020. The zero-order valence-electron chi connectivity index (χ0n) is 18.2. The minimum Gasteiger partial charge on any atom is -0.380 e. The predicted molar refractivity (Wildman–Crippen MR) is 123 cm³/mol. The van der Waals surface area contributed by atoms with Crippen LogP contribution in [0, 0.1) is 0 Å². The molecule has 2 fully saturated rings. The number of piperidine rings is 1. The Hall–Kier alpha value is -3.24. The second-order valence-corrected chi connectivity index (χ2v) is 8.40. The van der Waals surface area contributed by atoms with Gasteiger partial charge in [0.2, 0.25) is 17.8 Å². The molecule has 0 spiro atoms. The molecule has 2 saturated heterocycles. The molecular weight excluding hydrogens is 448 g/mol. The molecule has 0 bridgehead atoms. The van der Waals surface area contributed by atoms with Crippen LogP contribution in [0.15, 0.2) is 36.7 Å². The fourth-order valence-corrected chi connectivity index (χ4v) is 4.06. The quantitative estimate of drug-likeness (QED) is 0.691. The Morgan fingerprint density at radius 1 is 1.09 bits per heavy atom.